The summed E-state index contributed by atoms with van der Waals surface area (Å²) in [4.78, 5) is 0. The van der Waals surface area contributed by atoms with Gasteiger partial charge in [-0.15, -0.1) is 6.58 Å². The number of hydrogen-bond donors (Lipinski definition) is 0. The van der Waals surface area contributed by atoms with E-state index in [4.69, 9.17) is 0 Å². The molecule has 4 rings (SSSR count). The Labute approximate surface area is 196 Å². The van der Waals surface area contributed by atoms with Gasteiger partial charge in [0.25, 0.3) is 0 Å². The first-order valence-electron chi connectivity index (χ1n) is 11.7. The molecule has 4 aromatic rings. The molecule has 0 aromatic heterocycles. The zero-order chi connectivity index (χ0) is 23.0. The Bertz CT molecular complexity index is 1300. The van der Waals surface area contributed by atoms with Crippen LogP contribution in [0.15, 0.2) is 91.5 Å². The van der Waals surface area contributed by atoms with Gasteiger partial charge < -0.3 is 0 Å². The normalized spacial score (nSPS) is 10.6. The minimum absolute atomic E-state index is 0.136. The van der Waals surface area contributed by atoms with E-state index < -0.39 is 0 Å². The second kappa shape index (κ2) is 10.8. The van der Waals surface area contributed by atoms with Crippen LogP contribution < -0.4 is 0 Å². The highest BCUT2D eigenvalue weighted by Gasteiger charge is 2.07. The third-order valence-corrected chi connectivity index (χ3v) is 5.99. The molecule has 0 unspecified atom stereocenters. The number of rotatable bonds is 7. The van der Waals surface area contributed by atoms with E-state index in [0.29, 0.717) is 11.8 Å². The number of halogens is 1. The lowest BCUT2D eigenvalue weighted by Gasteiger charge is -2.06. The van der Waals surface area contributed by atoms with E-state index in [0.717, 1.165) is 34.9 Å². The minimum atomic E-state index is -0.136. The fraction of sp³-hybridized carbons (Fsp3) is 0.188. The van der Waals surface area contributed by atoms with Gasteiger partial charge in [-0.2, -0.15) is 0 Å². The SMILES string of the molecule is C=CCCc1ccc2cc(C#Cc3ccc(-c4ccc(CCCC)cc4)cc3)ccc2c1F. The summed E-state index contributed by atoms with van der Waals surface area (Å²) in [5, 5.41) is 1.52. The van der Waals surface area contributed by atoms with Crippen LogP contribution in [0.3, 0.4) is 0 Å². The van der Waals surface area contributed by atoms with Gasteiger partial charge in [-0.1, -0.05) is 85.9 Å². The molecule has 33 heavy (non-hydrogen) atoms. The van der Waals surface area contributed by atoms with E-state index in [1.165, 1.54) is 29.5 Å². The summed E-state index contributed by atoms with van der Waals surface area (Å²) in [5.41, 5.74) is 6.38. The van der Waals surface area contributed by atoms with E-state index >= 15 is 0 Å². The summed E-state index contributed by atoms with van der Waals surface area (Å²) >= 11 is 0. The van der Waals surface area contributed by atoms with Crippen LogP contribution in [-0.2, 0) is 12.8 Å². The summed E-state index contributed by atoms with van der Waals surface area (Å²) in [7, 11) is 0. The maximum Gasteiger partial charge on any atom is 0.134 e. The molecular weight excluding hydrogens is 403 g/mol. The van der Waals surface area contributed by atoms with Gasteiger partial charge in [0.05, 0.1) is 0 Å². The van der Waals surface area contributed by atoms with E-state index in [2.05, 4.69) is 73.9 Å². The predicted octanol–water partition coefficient (Wildman–Crippen LogP) is 8.51. The van der Waals surface area contributed by atoms with Crippen molar-refractivity contribution in [2.24, 2.45) is 0 Å². The average Bonchev–Trinajstić information content (AvgIpc) is 2.86. The molecule has 0 radical (unpaired) electrons. The van der Waals surface area contributed by atoms with Crippen molar-refractivity contribution in [3.05, 3.63) is 120 Å². The first-order valence-corrected chi connectivity index (χ1v) is 11.7. The molecule has 0 bridgehead atoms. The largest absolute Gasteiger partial charge is 0.206 e. The van der Waals surface area contributed by atoms with Gasteiger partial charge >= 0.3 is 0 Å². The van der Waals surface area contributed by atoms with Crippen LogP contribution in [0.4, 0.5) is 4.39 Å². The Morgan fingerprint density at radius 3 is 2.15 bits per heavy atom. The van der Waals surface area contributed by atoms with Gasteiger partial charge in [0.2, 0.25) is 0 Å². The van der Waals surface area contributed by atoms with Crippen molar-refractivity contribution in [2.45, 2.75) is 39.0 Å². The van der Waals surface area contributed by atoms with Gasteiger partial charge in [0, 0.05) is 16.5 Å². The van der Waals surface area contributed by atoms with E-state index in [1.54, 1.807) is 0 Å². The number of aryl methyl sites for hydroxylation is 2. The van der Waals surface area contributed by atoms with Crippen molar-refractivity contribution < 1.29 is 4.39 Å². The second-order valence-electron chi connectivity index (χ2n) is 8.43. The molecule has 0 saturated heterocycles. The summed E-state index contributed by atoms with van der Waals surface area (Å²) in [6.07, 6.45) is 6.86. The Balaban J connectivity index is 1.49. The zero-order valence-electron chi connectivity index (χ0n) is 19.2. The van der Waals surface area contributed by atoms with Crippen molar-refractivity contribution >= 4 is 10.8 Å². The van der Waals surface area contributed by atoms with E-state index in [-0.39, 0.29) is 5.82 Å². The number of hydrogen-bond acceptors (Lipinski definition) is 0. The third kappa shape index (κ3) is 5.60. The van der Waals surface area contributed by atoms with Gasteiger partial charge in [-0.05, 0) is 77.6 Å². The lowest BCUT2D eigenvalue weighted by Crippen LogP contribution is -1.92. The Kier molecular flexibility index (Phi) is 7.38. The molecule has 0 N–H and O–H groups in total. The summed E-state index contributed by atoms with van der Waals surface area (Å²) < 4.78 is 14.8. The van der Waals surface area contributed by atoms with Crippen molar-refractivity contribution in [3.63, 3.8) is 0 Å². The number of benzene rings is 4. The standard InChI is InChI=1S/C32H29F/c1-3-5-7-24-11-16-27(17-12-24)28-18-13-25(14-19-28)9-10-26-15-22-31-30(23-26)21-20-29(32(31)33)8-6-4-2/h4,11-23H,2-3,5-8H2,1H3. The van der Waals surface area contributed by atoms with Gasteiger partial charge in [0.1, 0.15) is 5.82 Å². The quantitative estimate of drug-likeness (QED) is 0.203. The molecule has 0 atom stereocenters. The third-order valence-electron chi connectivity index (χ3n) is 5.99. The van der Waals surface area contributed by atoms with E-state index in [1.807, 2.05) is 36.4 Å². The summed E-state index contributed by atoms with van der Waals surface area (Å²) in [6, 6.07) is 26.7. The zero-order valence-corrected chi connectivity index (χ0v) is 19.2. The van der Waals surface area contributed by atoms with Crippen LogP contribution in [0, 0.1) is 17.7 Å². The van der Waals surface area contributed by atoms with Crippen molar-refractivity contribution in [2.75, 3.05) is 0 Å². The molecule has 0 amide bonds. The number of fused-ring (bicyclic) bond motifs is 1. The molecule has 0 fully saturated rings. The lowest BCUT2D eigenvalue weighted by atomic mass is 10.00. The maximum atomic E-state index is 14.8. The van der Waals surface area contributed by atoms with Gasteiger partial charge in [-0.3, -0.25) is 0 Å². The predicted molar refractivity (Wildman–Crippen MR) is 139 cm³/mol. The molecule has 1 heteroatoms. The van der Waals surface area contributed by atoms with Crippen LogP contribution in [0.5, 0.6) is 0 Å². The van der Waals surface area contributed by atoms with Crippen LogP contribution in [0.25, 0.3) is 21.9 Å². The topological polar surface area (TPSA) is 0 Å². The molecule has 0 saturated carbocycles. The highest BCUT2D eigenvalue weighted by molar-refractivity contribution is 5.85. The first-order chi connectivity index (χ1) is 16.2. The molecule has 4 aromatic carbocycles. The van der Waals surface area contributed by atoms with E-state index in [9.17, 15) is 4.39 Å². The fourth-order valence-electron chi connectivity index (χ4n) is 4.00. The number of allylic oxidation sites excluding steroid dienone is 1. The van der Waals surface area contributed by atoms with Crippen molar-refractivity contribution in [1.82, 2.24) is 0 Å². The maximum absolute atomic E-state index is 14.8. The molecule has 0 aliphatic heterocycles. The van der Waals surface area contributed by atoms with Crippen LogP contribution in [0.1, 0.15) is 48.4 Å². The highest BCUT2D eigenvalue weighted by atomic mass is 19.1. The van der Waals surface area contributed by atoms with Crippen LogP contribution >= 0.6 is 0 Å². The smallest absolute Gasteiger partial charge is 0.134 e. The van der Waals surface area contributed by atoms with Crippen molar-refractivity contribution in [1.29, 1.82) is 0 Å². The monoisotopic (exact) mass is 432 g/mol. The Morgan fingerprint density at radius 1 is 0.788 bits per heavy atom. The average molecular weight is 433 g/mol. The van der Waals surface area contributed by atoms with Crippen molar-refractivity contribution in [3.8, 4) is 23.0 Å². The molecule has 0 spiro atoms. The number of unbranched alkanes of at least 4 members (excludes halogenated alkanes) is 1. The van der Waals surface area contributed by atoms with Crippen LogP contribution in [-0.4, -0.2) is 0 Å². The fourth-order valence-corrected chi connectivity index (χ4v) is 4.00. The van der Waals surface area contributed by atoms with Gasteiger partial charge in [0.15, 0.2) is 0 Å². The second-order valence-corrected chi connectivity index (χ2v) is 8.43. The first kappa shape index (κ1) is 22.6. The van der Waals surface area contributed by atoms with Crippen LogP contribution in [0.2, 0.25) is 0 Å². The highest BCUT2D eigenvalue weighted by Crippen LogP contribution is 2.24. The summed E-state index contributed by atoms with van der Waals surface area (Å²) in [5.74, 6) is 6.32. The molecule has 164 valence electrons. The molecule has 0 aliphatic carbocycles. The lowest BCUT2D eigenvalue weighted by molar-refractivity contribution is 0.621. The molecule has 0 heterocycles. The molecule has 0 aliphatic rings. The Hall–Kier alpha value is -3.63. The minimum Gasteiger partial charge on any atom is -0.206 e. The summed E-state index contributed by atoms with van der Waals surface area (Å²) in [6.45, 7) is 5.94. The Morgan fingerprint density at radius 2 is 1.45 bits per heavy atom. The molecule has 0 nitrogen and oxygen atoms in total. The van der Waals surface area contributed by atoms with Gasteiger partial charge in [-0.25, -0.2) is 4.39 Å². The molecular formula is C32H29F.